The molecule has 3 heterocycles. The summed E-state index contributed by atoms with van der Waals surface area (Å²) in [5.74, 6) is -0.640. The first-order valence-corrected chi connectivity index (χ1v) is 11.5. The molecule has 2 atom stereocenters. The van der Waals surface area contributed by atoms with Gasteiger partial charge in [0.05, 0.1) is 30.8 Å². The second-order valence-electron chi connectivity index (χ2n) is 8.62. The van der Waals surface area contributed by atoms with Crippen molar-refractivity contribution < 1.29 is 18.7 Å². The third-order valence-electron chi connectivity index (χ3n) is 6.24. The predicted octanol–water partition coefficient (Wildman–Crippen LogP) is 1.76. The van der Waals surface area contributed by atoms with Gasteiger partial charge in [-0.05, 0) is 41.8 Å². The first kappa shape index (κ1) is 22.3. The number of ether oxygens (including phenoxy) is 2. The summed E-state index contributed by atoms with van der Waals surface area (Å²) in [6, 6.07) is 15.0. The number of nitrogens with zero attached hydrogens (tertiary/aromatic N) is 2. The van der Waals surface area contributed by atoms with Gasteiger partial charge in [0.1, 0.15) is 12.1 Å². The fourth-order valence-electron chi connectivity index (χ4n) is 4.28. The van der Waals surface area contributed by atoms with E-state index in [4.69, 9.17) is 13.9 Å². The quantitative estimate of drug-likeness (QED) is 0.573. The highest BCUT2D eigenvalue weighted by atomic mass is 16.5. The molecular weight excluding hydrogens is 436 g/mol. The SMILES string of the molecule is N#C[C@H](Cc1ccc(-c2ccc3oc(=O)n(C4COC4)c3c2)cc1)NC(=O)[C@@H]1CNCCCO1. The lowest BCUT2D eigenvalue weighted by Crippen LogP contribution is -2.46. The number of nitrogens with one attached hydrogen (secondary N) is 2. The van der Waals surface area contributed by atoms with E-state index in [1.165, 1.54) is 0 Å². The second-order valence-corrected chi connectivity index (χ2v) is 8.62. The molecule has 34 heavy (non-hydrogen) atoms. The van der Waals surface area contributed by atoms with Crippen molar-refractivity contribution in [3.63, 3.8) is 0 Å². The number of rotatable bonds is 6. The minimum absolute atomic E-state index is 0.00340. The molecule has 3 aromatic rings. The van der Waals surface area contributed by atoms with Gasteiger partial charge in [0.15, 0.2) is 5.58 Å². The third-order valence-corrected chi connectivity index (χ3v) is 6.24. The molecule has 2 saturated heterocycles. The van der Waals surface area contributed by atoms with E-state index in [-0.39, 0.29) is 17.7 Å². The van der Waals surface area contributed by atoms with Crippen molar-refractivity contribution in [1.82, 2.24) is 15.2 Å². The van der Waals surface area contributed by atoms with Crippen molar-refractivity contribution in [2.75, 3.05) is 32.9 Å². The van der Waals surface area contributed by atoms with E-state index in [1.807, 2.05) is 42.5 Å². The molecule has 1 aromatic heterocycles. The molecule has 2 N–H and O–H groups in total. The van der Waals surface area contributed by atoms with Crippen LogP contribution in [0.3, 0.4) is 0 Å². The standard InChI is InChI=1S/C25H26N4O5/c26-12-19(28-24(30)23-13-27-8-1-9-33-23)10-16-2-4-17(5-3-16)18-6-7-22-21(11-18)29(25(31)34-22)20-14-32-15-20/h2-7,11,19-20,23,27H,1,8-10,13-15H2,(H,28,30)/t19-,23-/m0/s1. The highest BCUT2D eigenvalue weighted by molar-refractivity contribution is 5.82. The van der Waals surface area contributed by atoms with Gasteiger partial charge in [-0.15, -0.1) is 0 Å². The normalized spacial score (nSPS) is 19.7. The minimum Gasteiger partial charge on any atom is -0.408 e. The molecule has 0 bridgehead atoms. The summed E-state index contributed by atoms with van der Waals surface area (Å²) in [5, 5.41) is 15.5. The van der Waals surface area contributed by atoms with Gasteiger partial charge in [0.2, 0.25) is 0 Å². The van der Waals surface area contributed by atoms with Crippen LogP contribution in [-0.2, 0) is 20.7 Å². The fraction of sp³-hybridized carbons (Fsp3) is 0.400. The van der Waals surface area contributed by atoms with Crippen molar-refractivity contribution in [3.05, 3.63) is 58.6 Å². The molecule has 2 aromatic carbocycles. The zero-order valence-corrected chi connectivity index (χ0v) is 18.7. The van der Waals surface area contributed by atoms with Crippen molar-refractivity contribution in [1.29, 1.82) is 5.26 Å². The maximum Gasteiger partial charge on any atom is 0.420 e. The lowest BCUT2D eigenvalue weighted by atomic mass is 10.0. The average molecular weight is 463 g/mol. The van der Waals surface area contributed by atoms with Crippen LogP contribution in [0.5, 0.6) is 0 Å². The zero-order valence-electron chi connectivity index (χ0n) is 18.7. The van der Waals surface area contributed by atoms with Crippen LogP contribution in [0.1, 0.15) is 18.0 Å². The summed E-state index contributed by atoms with van der Waals surface area (Å²) in [5.41, 5.74) is 4.17. The first-order valence-electron chi connectivity index (χ1n) is 11.5. The maximum absolute atomic E-state index is 12.5. The molecule has 0 spiro atoms. The van der Waals surface area contributed by atoms with E-state index < -0.39 is 12.1 Å². The van der Waals surface area contributed by atoms with Crippen LogP contribution in [0.25, 0.3) is 22.2 Å². The van der Waals surface area contributed by atoms with Crippen LogP contribution in [0.4, 0.5) is 0 Å². The maximum atomic E-state index is 12.5. The summed E-state index contributed by atoms with van der Waals surface area (Å²) in [6.07, 6.45) is 0.672. The summed E-state index contributed by atoms with van der Waals surface area (Å²) in [6.45, 7) is 2.81. The Morgan fingerprint density at radius 3 is 2.74 bits per heavy atom. The van der Waals surface area contributed by atoms with Crippen LogP contribution in [0.15, 0.2) is 51.7 Å². The monoisotopic (exact) mass is 462 g/mol. The molecule has 2 fully saturated rings. The number of nitriles is 1. The van der Waals surface area contributed by atoms with E-state index in [9.17, 15) is 14.9 Å². The molecule has 176 valence electrons. The zero-order chi connectivity index (χ0) is 23.5. The first-order chi connectivity index (χ1) is 16.6. The Kier molecular flexibility index (Phi) is 6.45. The Morgan fingerprint density at radius 2 is 2.00 bits per heavy atom. The van der Waals surface area contributed by atoms with Gasteiger partial charge >= 0.3 is 5.76 Å². The van der Waals surface area contributed by atoms with Crippen LogP contribution < -0.4 is 16.4 Å². The lowest BCUT2D eigenvalue weighted by Gasteiger charge is -2.26. The van der Waals surface area contributed by atoms with Gasteiger partial charge in [-0.25, -0.2) is 4.79 Å². The number of aromatic nitrogens is 1. The van der Waals surface area contributed by atoms with Gasteiger partial charge in [-0.1, -0.05) is 30.3 Å². The van der Waals surface area contributed by atoms with E-state index in [0.29, 0.717) is 38.4 Å². The van der Waals surface area contributed by atoms with Crippen LogP contribution in [0.2, 0.25) is 0 Å². The Bertz CT molecular complexity index is 1260. The number of hydrogen-bond acceptors (Lipinski definition) is 7. The van der Waals surface area contributed by atoms with Gasteiger partial charge in [0, 0.05) is 19.6 Å². The van der Waals surface area contributed by atoms with E-state index >= 15 is 0 Å². The highest BCUT2D eigenvalue weighted by Gasteiger charge is 2.26. The number of benzene rings is 2. The van der Waals surface area contributed by atoms with Crippen molar-refractivity contribution in [2.45, 2.75) is 31.0 Å². The van der Waals surface area contributed by atoms with Crippen LogP contribution >= 0.6 is 0 Å². The summed E-state index contributed by atoms with van der Waals surface area (Å²) < 4.78 is 17.8. The van der Waals surface area contributed by atoms with E-state index in [0.717, 1.165) is 35.2 Å². The van der Waals surface area contributed by atoms with Crippen LogP contribution in [-0.4, -0.2) is 55.5 Å². The number of hydrogen-bond donors (Lipinski definition) is 2. The summed E-state index contributed by atoms with van der Waals surface area (Å²) >= 11 is 0. The Hall–Kier alpha value is -3.45. The molecule has 0 unspecified atom stereocenters. The minimum atomic E-state index is -0.647. The Labute approximate surface area is 196 Å². The molecule has 9 nitrogen and oxygen atoms in total. The van der Waals surface area contributed by atoms with E-state index in [1.54, 1.807) is 4.57 Å². The number of carbonyl (C=O) groups excluding carboxylic acids is 1. The van der Waals surface area contributed by atoms with Gasteiger partial charge in [0.25, 0.3) is 5.91 Å². The van der Waals surface area contributed by atoms with Crippen molar-refractivity contribution in [2.24, 2.45) is 0 Å². The second kappa shape index (κ2) is 9.81. The van der Waals surface area contributed by atoms with Gasteiger partial charge < -0.3 is 24.5 Å². The van der Waals surface area contributed by atoms with Crippen molar-refractivity contribution >= 4 is 17.0 Å². The molecular formula is C25H26N4O5. The van der Waals surface area contributed by atoms with Crippen molar-refractivity contribution in [3.8, 4) is 17.2 Å². The average Bonchev–Trinajstić information content (AvgIpc) is 2.98. The predicted molar refractivity (Wildman–Crippen MR) is 124 cm³/mol. The molecule has 2 aliphatic heterocycles. The number of amides is 1. The van der Waals surface area contributed by atoms with E-state index in [2.05, 4.69) is 16.7 Å². The molecule has 9 heteroatoms. The smallest absolute Gasteiger partial charge is 0.408 e. The molecule has 0 saturated carbocycles. The van der Waals surface area contributed by atoms with Gasteiger partial charge in [-0.2, -0.15) is 5.26 Å². The van der Waals surface area contributed by atoms with Crippen LogP contribution in [0, 0.1) is 11.3 Å². The number of carbonyl (C=O) groups is 1. The summed E-state index contributed by atoms with van der Waals surface area (Å²) in [4.78, 5) is 24.8. The number of fused-ring (bicyclic) bond motifs is 1. The highest BCUT2D eigenvalue weighted by Crippen LogP contribution is 2.28. The van der Waals surface area contributed by atoms with Gasteiger partial charge in [-0.3, -0.25) is 9.36 Å². The molecule has 1 amide bonds. The molecule has 0 aliphatic carbocycles. The number of oxazole rings is 1. The molecule has 5 rings (SSSR count). The Morgan fingerprint density at radius 1 is 1.21 bits per heavy atom. The lowest BCUT2D eigenvalue weighted by molar-refractivity contribution is -0.132. The fourth-order valence-corrected chi connectivity index (χ4v) is 4.28. The molecule has 2 aliphatic rings. The third kappa shape index (κ3) is 4.61. The topological polar surface area (TPSA) is 119 Å². The summed E-state index contributed by atoms with van der Waals surface area (Å²) in [7, 11) is 0. The molecule has 0 radical (unpaired) electrons. The largest absolute Gasteiger partial charge is 0.420 e. The Balaban J connectivity index is 1.28.